The van der Waals surface area contributed by atoms with Gasteiger partial charge in [0, 0.05) is 24.8 Å². The summed E-state index contributed by atoms with van der Waals surface area (Å²) in [6, 6.07) is 17.7. The number of benzene rings is 2. The lowest BCUT2D eigenvalue weighted by Crippen LogP contribution is -2.60. The van der Waals surface area contributed by atoms with E-state index in [4.69, 9.17) is 0 Å². The van der Waals surface area contributed by atoms with Gasteiger partial charge in [0.15, 0.2) is 0 Å². The molecule has 0 amide bonds. The molecule has 0 aliphatic carbocycles. The minimum atomic E-state index is -0.181. The van der Waals surface area contributed by atoms with Crippen molar-refractivity contribution in [3.05, 3.63) is 66.0 Å². The van der Waals surface area contributed by atoms with E-state index in [0.717, 1.165) is 18.8 Å². The first-order valence-corrected chi connectivity index (χ1v) is 7.41. The second-order valence-corrected chi connectivity index (χ2v) is 6.04. The van der Waals surface area contributed by atoms with E-state index in [1.165, 1.54) is 11.6 Å². The van der Waals surface area contributed by atoms with Gasteiger partial charge in [-0.3, -0.25) is 0 Å². The number of hydrogen-bond acceptors (Lipinski definition) is 2. The molecule has 2 nitrogen and oxygen atoms in total. The Kier molecular flexibility index (Phi) is 3.68. The lowest BCUT2D eigenvalue weighted by molar-refractivity contribution is 0.299. The van der Waals surface area contributed by atoms with Crippen LogP contribution in [0.5, 0.6) is 0 Å². The van der Waals surface area contributed by atoms with Crippen molar-refractivity contribution >= 4 is 5.69 Å². The Morgan fingerprint density at radius 1 is 1.14 bits per heavy atom. The predicted molar refractivity (Wildman–Crippen MR) is 85.0 cm³/mol. The van der Waals surface area contributed by atoms with E-state index in [-0.39, 0.29) is 11.4 Å². The molecule has 1 aliphatic rings. The van der Waals surface area contributed by atoms with E-state index in [9.17, 15) is 4.39 Å². The molecule has 1 fully saturated rings. The zero-order valence-corrected chi connectivity index (χ0v) is 12.5. The van der Waals surface area contributed by atoms with Crippen molar-refractivity contribution in [1.82, 2.24) is 5.32 Å². The van der Waals surface area contributed by atoms with Crippen molar-refractivity contribution in [1.29, 1.82) is 0 Å². The van der Waals surface area contributed by atoms with E-state index < -0.39 is 0 Å². The second-order valence-electron chi connectivity index (χ2n) is 6.04. The SMILES string of the molecule is CC1CNC(C)(c2ccccc2)CN1c1cccc(F)c1. The Labute approximate surface area is 125 Å². The molecular formula is C18H21FN2. The first-order valence-electron chi connectivity index (χ1n) is 7.41. The molecule has 0 bridgehead atoms. The van der Waals surface area contributed by atoms with Gasteiger partial charge in [-0.15, -0.1) is 0 Å². The van der Waals surface area contributed by atoms with Crippen molar-refractivity contribution in [2.24, 2.45) is 0 Å². The van der Waals surface area contributed by atoms with Gasteiger partial charge >= 0.3 is 0 Å². The summed E-state index contributed by atoms with van der Waals surface area (Å²) in [4.78, 5) is 2.28. The quantitative estimate of drug-likeness (QED) is 0.907. The molecule has 1 N–H and O–H groups in total. The molecule has 1 saturated heterocycles. The maximum absolute atomic E-state index is 13.5. The number of rotatable bonds is 2. The molecule has 0 radical (unpaired) electrons. The highest BCUT2D eigenvalue weighted by Gasteiger charge is 2.35. The summed E-state index contributed by atoms with van der Waals surface area (Å²) in [5.41, 5.74) is 2.09. The summed E-state index contributed by atoms with van der Waals surface area (Å²) < 4.78 is 13.5. The Balaban J connectivity index is 1.92. The van der Waals surface area contributed by atoms with Gasteiger partial charge in [0.2, 0.25) is 0 Å². The van der Waals surface area contributed by atoms with Crippen molar-refractivity contribution < 1.29 is 4.39 Å². The summed E-state index contributed by atoms with van der Waals surface area (Å²) >= 11 is 0. The lowest BCUT2D eigenvalue weighted by atomic mass is 9.88. The first kappa shape index (κ1) is 14.1. The van der Waals surface area contributed by atoms with Crippen molar-refractivity contribution in [3.8, 4) is 0 Å². The highest BCUT2D eigenvalue weighted by atomic mass is 19.1. The minimum absolute atomic E-state index is 0.125. The molecule has 2 atom stereocenters. The molecule has 0 spiro atoms. The normalized spacial score (nSPS) is 25.9. The molecule has 2 aromatic carbocycles. The monoisotopic (exact) mass is 284 g/mol. The van der Waals surface area contributed by atoms with Gasteiger partial charge in [-0.2, -0.15) is 0 Å². The fourth-order valence-corrected chi connectivity index (χ4v) is 3.04. The molecular weight excluding hydrogens is 263 g/mol. The van der Waals surface area contributed by atoms with Gasteiger partial charge in [-0.05, 0) is 37.6 Å². The Morgan fingerprint density at radius 2 is 1.90 bits per heavy atom. The van der Waals surface area contributed by atoms with Crippen LogP contribution in [0.15, 0.2) is 54.6 Å². The average molecular weight is 284 g/mol. The molecule has 1 aliphatic heterocycles. The summed E-state index contributed by atoms with van der Waals surface area (Å²) in [6.07, 6.45) is 0. The average Bonchev–Trinajstić information content (AvgIpc) is 2.51. The van der Waals surface area contributed by atoms with E-state index in [0.29, 0.717) is 6.04 Å². The molecule has 2 aromatic rings. The minimum Gasteiger partial charge on any atom is -0.365 e. The van der Waals surface area contributed by atoms with E-state index in [2.05, 4.69) is 48.3 Å². The zero-order chi connectivity index (χ0) is 14.9. The topological polar surface area (TPSA) is 15.3 Å². The fraction of sp³-hybridized carbons (Fsp3) is 0.333. The van der Waals surface area contributed by atoms with Crippen molar-refractivity contribution in [2.45, 2.75) is 25.4 Å². The first-order chi connectivity index (χ1) is 10.1. The van der Waals surface area contributed by atoms with E-state index in [1.807, 2.05) is 12.1 Å². The highest BCUT2D eigenvalue weighted by molar-refractivity contribution is 5.49. The molecule has 110 valence electrons. The maximum Gasteiger partial charge on any atom is 0.125 e. The molecule has 21 heavy (non-hydrogen) atoms. The number of halogens is 1. The summed E-state index contributed by atoms with van der Waals surface area (Å²) in [7, 11) is 0. The third-order valence-corrected chi connectivity index (χ3v) is 4.36. The molecule has 0 saturated carbocycles. The fourth-order valence-electron chi connectivity index (χ4n) is 3.04. The van der Waals surface area contributed by atoms with E-state index >= 15 is 0 Å². The molecule has 0 aromatic heterocycles. The van der Waals surface area contributed by atoms with E-state index in [1.54, 1.807) is 12.1 Å². The second kappa shape index (κ2) is 5.49. The third kappa shape index (κ3) is 2.79. The third-order valence-electron chi connectivity index (χ3n) is 4.36. The van der Waals surface area contributed by atoms with Gasteiger partial charge in [0.1, 0.15) is 5.82 Å². The number of hydrogen-bond donors (Lipinski definition) is 1. The largest absolute Gasteiger partial charge is 0.365 e. The van der Waals surface area contributed by atoms with Gasteiger partial charge in [0.05, 0.1) is 5.54 Å². The molecule has 2 unspecified atom stereocenters. The maximum atomic E-state index is 13.5. The Morgan fingerprint density at radius 3 is 2.62 bits per heavy atom. The summed E-state index contributed by atoms with van der Waals surface area (Å²) in [5.74, 6) is -0.181. The van der Waals surface area contributed by atoms with Crippen LogP contribution in [0.2, 0.25) is 0 Å². The van der Waals surface area contributed by atoms with Crippen LogP contribution in [0.25, 0.3) is 0 Å². The van der Waals surface area contributed by atoms with Crippen LogP contribution < -0.4 is 10.2 Å². The van der Waals surface area contributed by atoms with Gasteiger partial charge in [-0.1, -0.05) is 36.4 Å². The van der Waals surface area contributed by atoms with Crippen LogP contribution >= 0.6 is 0 Å². The van der Waals surface area contributed by atoms with Gasteiger partial charge in [0.25, 0.3) is 0 Å². The van der Waals surface area contributed by atoms with Crippen LogP contribution in [-0.2, 0) is 5.54 Å². The standard InChI is InChI=1S/C18H21FN2/c1-14-12-20-18(2,15-7-4-3-5-8-15)13-21(14)17-10-6-9-16(19)11-17/h3-11,14,20H,12-13H2,1-2H3. The van der Waals surface area contributed by atoms with Crippen LogP contribution in [-0.4, -0.2) is 19.1 Å². The van der Waals surface area contributed by atoms with Crippen molar-refractivity contribution in [2.75, 3.05) is 18.0 Å². The molecule has 3 heteroatoms. The molecule has 1 heterocycles. The number of anilines is 1. The summed E-state index contributed by atoms with van der Waals surface area (Å²) in [5, 5.41) is 3.64. The van der Waals surface area contributed by atoms with Gasteiger partial charge in [-0.25, -0.2) is 4.39 Å². The van der Waals surface area contributed by atoms with Crippen LogP contribution in [0, 0.1) is 5.82 Å². The number of nitrogens with zero attached hydrogens (tertiary/aromatic N) is 1. The summed E-state index contributed by atoms with van der Waals surface area (Å²) in [6.45, 7) is 6.08. The highest BCUT2D eigenvalue weighted by Crippen LogP contribution is 2.30. The number of nitrogens with one attached hydrogen (secondary N) is 1. The predicted octanol–water partition coefficient (Wildman–Crippen LogP) is 3.54. The van der Waals surface area contributed by atoms with Crippen molar-refractivity contribution in [3.63, 3.8) is 0 Å². The number of piperazine rings is 1. The van der Waals surface area contributed by atoms with Crippen LogP contribution in [0.3, 0.4) is 0 Å². The molecule has 3 rings (SSSR count). The van der Waals surface area contributed by atoms with Gasteiger partial charge < -0.3 is 10.2 Å². The Hall–Kier alpha value is -1.87. The zero-order valence-electron chi connectivity index (χ0n) is 12.5. The Bertz CT molecular complexity index is 614. The smallest absolute Gasteiger partial charge is 0.125 e. The lowest BCUT2D eigenvalue weighted by Gasteiger charge is -2.46. The van der Waals surface area contributed by atoms with Crippen LogP contribution in [0.1, 0.15) is 19.4 Å². The van der Waals surface area contributed by atoms with Crippen LogP contribution in [0.4, 0.5) is 10.1 Å².